The van der Waals surface area contributed by atoms with E-state index in [1.165, 1.54) is 0 Å². The van der Waals surface area contributed by atoms with E-state index in [1.54, 1.807) is 11.8 Å². The van der Waals surface area contributed by atoms with Gasteiger partial charge in [0.2, 0.25) is 5.91 Å². The number of carboxylic acid groups (broad SMARTS) is 1. The van der Waals surface area contributed by atoms with Crippen LogP contribution in [0.4, 0.5) is 4.79 Å². The molecule has 0 aliphatic carbocycles. The molecular formula is C6H10N2O3S. The van der Waals surface area contributed by atoms with E-state index < -0.39 is 12.1 Å². The zero-order chi connectivity index (χ0) is 8.97. The molecule has 3 N–H and O–H groups in total. The third-order valence-electron chi connectivity index (χ3n) is 1.44. The molecule has 1 saturated heterocycles. The standard InChI is InChI=1S/C6H10N2O3S/c9-5-4(8-6(10)11)3-12-2-1-7-5/h4,8H,1-3H2,(H,7,9)(H,10,11). The monoisotopic (exact) mass is 190 g/mol. The van der Waals surface area contributed by atoms with Crippen molar-refractivity contribution in [2.24, 2.45) is 0 Å². The molecular weight excluding hydrogens is 180 g/mol. The first-order valence-electron chi connectivity index (χ1n) is 3.55. The maximum Gasteiger partial charge on any atom is 0.405 e. The quantitative estimate of drug-likeness (QED) is 0.520. The Morgan fingerprint density at radius 3 is 3.17 bits per heavy atom. The highest BCUT2D eigenvalue weighted by atomic mass is 32.2. The number of hydrogen-bond donors (Lipinski definition) is 3. The molecule has 2 amide bonds. The maximum atomic E-state index is 11.1. The summed E-state index contributed by atoms with van der Waals surface area (Å²) in [5.74, 6) is 1.11. The predicted octanol–water partition coefficient (Wildman–Crippen LogP) is -0.514. The van der Waals surface area contributed by atoms with Gasteiger partial charge in [0.1, 0.15) is 6.04 Å². The van der Waals surface area contributed by atoms with Crippen molar-refractivity contribution in [1.82, 2.24) is 10.6 Å². The molecule has 0 bridgehead atoms. The van der Waals surface area contributed by atoms with Crippen LogP contribution in [0.3, 0.4) is 0 Å². The Bertz CT molecular complexity index is 197. The topological polar surface area (TPSA) is 78.4 Å². The molecule has 6 heteroatoms. The molecule has 0 saturated carbocycles. The van der Waals surface area contributed by atoms with Crippen molar-refractivity contribution in [2.75, 3.05) is 18.1 Å². The number of hydrogen-bond acceptors (Lipinski definition) is 3. The van der Waals surface area contributed by atoms with Crippen LogP contribution >= 0.6 is 11.8 Å². The molecule has 1 fully saturated rings. The fraction of sp³-hybridized carbons (Fsp3) is 0.667. The Balaban J connectivity index is 2.47. The molecule has 0 aromatic carbocycles. The lowest BCUT2D eigenvalue weighted by Gasteiger charge is -2.11. The van der Waals surface area contributed by atoms with E-state index in [4.69, 9.17) is 5.11 Å². The van der Waals surface area contributed by atoms with Crippen molar-refractivity contribution in [2.45, 2.75) is 6.04 Å². The molecule has 5 nitrogen and oxygen atoms in total. The van der Waals surface area contributed by atoms with E-state index in [1.807, 2.05) is 0 Å². The average molecular weight is 190 g/mol. The second-order valence-electron chi connectivity index (χ2n) is 2.37. The molecule has 1 aliphatic rings. The summed E-state index contributed by atoms with van der Waals surface area (Å²) in [6, 6.07) is -0.602. The second-order valence-corrected chi connectivity index (χ2v) is 3.52. The van der Waals surface area contributed by atoms with Crippen LogP contribution in [0.2, 0.25) is 0 Å². The van der Waals surface area contributed by atoms with Gasteiger partial charge in [0.05, 0.1) is 0 Å². The van der Waals surface area contributed by atoms with Crippen molar-refractivity contribution in [3.05, 3.63) is 0 Å². The summed E-state index contributed by atoms with van der Waals surface area (Å²) in [7, 11) is 0. The summed E-state index contributed by atoms with van der Waals surface area (Å²) < 4.78 is 0. The van der Waals surface area contributed by atoms with Gasteiger partial charge in [0.25, 0.3) is 0 Å². The summed E-state index contributed by atoms with van der Waals surface area (Å²) in [4.78, 5) is 21.3. The van der Waals surface area contributed by atoms with Crippen LogP contribution in [-0.2, 0) is 4.79 Å². The van der Waals surface area contributed by atoms with Crippen LogP contribution in [-0.4, -0.2) is 41.2 Å². The molecule has 0 aromatic rings. The van der Waals surface area contributed by atoms with Crippen molar-refractivity contribution >= 4 is 23.8 Å². The van der Waals surface area contributed by atoms with E-state index in [9.17, 15) is 9.59 Å². The third kappa shape index (κ3) is 2.61. The minimum atomic E-state index is -1.15. The molecule has 1 unspecified atom stereocenters. The van der Waals surface area contributed by atoms with E-state index in [0.717, 1.165) is 5.75 Å². The van der Waals surface area contributed by atoms with Gasteiger partial charge in [0, 0.05) is 18.1 Å². The molecule has 0 aromatic heterocycles. The van der Waals surface area contributed by atoms with Crippen LogP contribution < -0.4 is 10.6 Å². The van der Waals surface area contributed by atoms with Gasteiger partial charge in [-0.2, -0.15) is 11.8 Å². The van der Waals surface area contributed by atoms with E-state index in [-0.39, 0.29) is 5.91 Å². The Kier molecular flexibility index (Phi) is 3.21. The lowest BCUT2D eigenvalue weighted by molar-refractivity contribution is -0.122. The van der Waals surface area contributed by atoms with Crippen LogP contribution in [0, 0.1) is 0 Å². The SMILES string of the molecule is O=C(O)NC1CSCCNC1=O. The fourth-order valence-electron chi connectivity index (χ4n) is 0.903. The van der Waals surface area contributed by atoms with E-state index in [0.29, 0.717) is 12.3 Å². The smallest absolute Gasteiger partial charge is 0.405 e. The summed E-state index contributed by atoms with van der Waals surface area (Å²) >= 11 is 1.56. The van der Waals surface area contributed by atoms with Gasteiger partial charge < -0.3 is 15.7 Å². The zero-order valence-corrected chi connectivity index (χ0v) is 7.19. The number of nitrogens with one attached hydrogen (secondary N) is 2. The number of thioether (sulfide) groups is 1. The van der Waals surface area contributed by atoms with Crippen LogP contribution in [0.1, 0.15) is 0 Å². The first-order valence-corrected chi connectivity index (χ1v) is 4.70. The molecule has 1 aliphatic heterocycles. The van der Waals surface area contributed by atoms with Crippen molar-refractivity contribution in [1.29, 1.82) is 0 Å². The summed E-state index contributed by atoms with van der Waals surface area (Å²) in [5, 5.41) is 13.1. The van der Waals surface area contributed by atoms with Gasteiger partial charge in [-0.25, -0.2) is 4.79 Å². The lowest BCUT2D eigenvalue weighted by Crippen LogP contribution is -2.46. The molecule has 1 heterocycles. The van der Waals surface area contributed by atoms with Gasteiger partial charge in [-0.1, -0.05) is 0 Å². The van der Waals surface area contributed by atoms with Gasteiger partial charge in [0.15, 0.2) is 0 Å². The van der Waals surface area contributed by atoms with Gasteiger partial charge in [-0.15, -0.1) is 0 Å². The number of rotatable bonds is 1. The molecule has 1 rings (SSSR count). The highest BCUT2D eigenvalue weighted by Crippen LogP contribution is 2.05. The summed E-state index contributed by atoms with van der Waals surface area (Å²) in [6.45, 7) is 0.612. The van der Waals surface area contributed by atoms with Gasteiger partial charge in [-0.3, -0.25) is 4.79 Å². The minimum absolute atomic E-state index is 0.234. The van der Waals surface area contributed by atoms with E-state index >= 15 is 0 Å². The first-order chi connectivity index (χ1) is 5.70. The average Bonchev–Trinajstić information content (AvgIpc) is 2.16. The Labute approximate surface area is 73.9 Å². The lowest BCUT2D eigenvalue weighted by atomic mass is 10.3. The molecule has 0 spiro atoms. The normalized spacial score (nSPS) is 24.0. The minimum Gasteiger partial charge on any atom is -0.465 e. The van der Waals surface area contributed by atoms with Crippen molar-refractivity contribution in [3.63, 3.8) is 0 Å². The third-order valence-corrected chi connectivity index (χ3v) is 2.51. The fourth-order valence-corrected chi connectivity index (χ4v) is 1.79. The Hall–Kier alpha value is -0.910. The van der Waals surface area contributed by atoms with Crippen molar-refractivity contribution in [3.8, 4) is 0 Å². The van der Waals surface area contributed by atoms with Crippen molar-refractivity contribution < 1.29 is 14.7 Å². The van der Waals surface area contributed by atoms with E-state index in [2.05, 4.69) is 10.6 Å². The van der Waals surface area contributed by atoms with Crippen LogP contribution in [0.5, 0.6) is 0 Å². The maximum absolute atomic E-state index is 11.1. The first kappa shape index (κ1) is 9.18. The number of carbonyl (C=O) groups is 2. The predicted molar refractivity (Wildman–Crippen MR) is 45.3 cm³/mol. The van der Waals surface area contributed by atoms with Gasteiger partial charge >= 0.3 is 6.09 Å². The molecule has 0 radical (unpaired) electrons. The highest BCUT2D eigenvalue weighted by Gasteiger charge is 2.21. The molecule has 12 heavy (non-hydrogen) atoms. The van der Waals surface area contributed by atoms with Crippen LogP contribution in [0.25, 0.3) is 0 Å². The Morgan fingerprint density at radius 2 is 2.50 bits per heavy atom. The summed E-state index contributed by atoms with van der Waals surface area (Å²) in [6.07, 6.45) is -1.15. The largest absolute Gasteiger partial charge is 0.465 e. The number of amides is 2. The molecule has 1 atom stereocenters. The van der Waals surface area contributed by atoms with Crippen LogP contribution in [0.15, 0.2) is 0 Å². The Morgan fingerprint density at radius 1 is 1.75 bits per heavy atom. The second kappa shape index (κ2) is 4.20. The highest BCUT2D eigenvalue weighted by molar-refractivity contribution is 7.99. The molecule has 68 valence electrons. The number of carbonyl (C=O) groups excluding carboxylic acids is 1. The summed E-state index contributed by atoms with van der Waals surface area (Å²) in [5.41, 5.74) is 0. The zero-order valence-electron chi connectivity index (χ0n) is 6.37. The van der Waals surface area contributed by atoms with Gasteiger partial charge in [-0.05, 0) is 0 Å².